The molecule has 1 unspecified atom stereocenters. The lowest BCUT2D eigenvalue weighted by molar-refractivity contribution is 0.0691. The van der Waals surface area contributed by atoms with E-state index in [2.05, 4.69) is 9.97 Å². The second-order valence-electron chi connectivity index (χ2n) is 3.56. The van der Waals surface area contributed by atoms with Crippen LogP contribution in [0.4, 0.5) is 0 Å². The number of thiazole rings is 1. The van der Waals surface area contributed by atoms with Crippen molar-refractivity contribution >= 4 is 17.3 Å². The number of hydrogen-bond donors (Lipinski definition) is 2. The molecule has 5 nitrogen and oxygen atoms in total. The molecule has 2 N–H and O–H groups in total. The first-order valence-electron chi connectivity index (χ1n) is 5.02. The Bertz CT molecular complexity index is 532. The first-order chi connectivity index (χ1) is 8.11. The molecule has 2 rings (SSSR count). The zero-order valence-corrected chi connectivity index (χ0v) is 10.2. The minimum atomic E-state index is -0.975. The van der Waals surface area contributed by atoms with Gasteiger partial charge in [-0.1, -0.05) is 0 Å². The highest BCUT2D eigenvalue weighted by molar-refractivity contribution is 7.10. The van der Waals surface area contributed by atoms with Crippen LogP contribution in [-0.2, 0) is 4.74 Å². The summed E-state index contributed by atoms with van der Waals surface area (Å²) in [6, 6.07) is 1.57. The van der Waals surface area contributed by atoms with Crippen molar-refractivity contribution < 1.29 is 14.6 Å². The van der Waals surface area contributed by atoms with Crippen molar-refractivity contribution in [2.24, 2.45) is 0 Å². The fraction of sp³-hybridized carbons (Fsp3) is 0.273. The molecule has 90 valence electrons. The van der Waals surface area contributed by atoms with E-state index in [1.54, 1.807) is 19.4 Å². The molecule has 0 fully saturated rings. The Balaban J connectivity index is 2.27. The van der Waals surface area contributed by atoms with Gasteiger partial charge in [-0.3, -0.25) is 0 Å². The Hall–Kier alpha value is -1.66. The van der Waals surface area contributed by atoms with Gasteiger partial charge in [0.25, 0.3) is 0 Å². The predicted molar refractivity (Wildman–Crippen MR) is 64.3 cm³/mol. The van der Waals surface area contributed by atoms with E-state index in [4.69, 9.17) is 9.84 Å². The Kier molecular flexibility index (Phi) is 3.26. The summed E-state index contributed by atoms with van der Waals surface area (Å²) in [6.45, 7) is 1.92. The molecule has 2 aromatic heterocycles. The summed E-state index contributed by atoms with van der Waals surface area (Å²) in [5.41, 5.74) is 1.69. The van der Waals surface area contributed by atoms with Crippen LogP contribution in [0.15, 0.2) is 17.6 Å². The number of methoxy groups -OCH3 is 1. The summed E-state index contributed by atoms with van der Waals surface area (Å²) >= 11 is 1.50. The number of hydrogen-bond acceptors (Lipinski definition) is 4. The molecule has 17 heavy (non-hydrogen) atoms. The number of carboxylic acid groups (broad SMARTS) is 1. The average Bonchev–Trinajstić information content (AvgIpc) is 2.95. The van der Waals surface area contributed by atoms with Gasteiger partial charge in [0.2, 0.25) is 0 Å². The topological polar surface area (TPSA) is 75.2 Å². The van der Waals surface area contributed by atoms with Crippen LogP contribution in [0.25, 0.3) is 11.3 Å². The van der Waals surface area contributed by atoms with Gasteiger partial charge in [-0.2, -0.15) is 0 Å². The quantitative estimate of drug-likeness (QED) is 0.876. The van der Waals surface area contributed by atoms with Gasteiger partial charge >= 0.3 is 5.97 Å². The molecule has 2 heterocycles. The molecule has 2 aromatic rings. The third-order valence-corrected chi connectivity index (χ3v) is 3.44. The zero-order chi connectivity index (χ0) is 12.4. The maximum atomic E-state index is 10.7. The van der Waals surface area contributed by atoms with Crippen LogP contribution in [0.1, 0.15) is 28.5 Å². The maximum absolute atomic E-state index is 10.7. The molecule has 0 radical (unpaired) electrons. The van der Waals surface area contributed by atoms with Crippen LogP contribution in [0.2, 0.25) is 0 Å². The Morgan fingerprint density at radius 3 is 3.00 bits per heavy atom. The number of carboxylic acids is 1. The molecule has 0 saturated heterocycles. The predicted octanol–water partition coefficient (Wildman–Crippen LogP) is 2.54. The summed E-state index contributed by atoms with van der Waals surface area (Å²) in [6.07, 6.45) is 1.59. The van der Waals surface area contributed by atoms with E-state index < -0.39 is 5.97 Å². The van der Waals surface area contributed by atoms with Gasteiger partial charge in [0.15, 0.2) is 0 Å². The molecular weight excluding hydrogens is 240 g/mol. The SMILES string of the molecule is COC(C)c1nc(-c2c[nH]c(C(=O)O)c2)cs1. The van der Waals surface area contributed by atoms with E-state index in [1.165, 1.54) is 11.3 Å². The van der Waals surface area contributed by atoms with Crippen LogP contribution in [0, 0.1) is 0 Å². The molecule has 6 heteroatoms. The molecule has 1 atom stereocenters. The summed E-state index contributed by atoms with van der Waals surface area (Å²) in [7, 11) is 1.63. The number of aromatic amines is 1. The van der Waals surface area contributed by atoms with Crippen molar-refractivity contribution in [1.29, 1.82) is 0 Å². The fourth-order valence-corrected chi connectivity index (χ4v) is 2.23. The van der Waals surface area contributed by atoms with E-state index in [1.807, 2.05) is 12.3 Å². The molecule has 0 spiro atoms. The molecule has 0 amide bonds. The van der Waals surface area contributed by atoms with Crippen LogP contribution in [0.3, 0.4) is 0 Å². The van der Waals surface area contributed by atoms with Crippen molar-refractivity contribution in [3.05, 3.63) is 28.3 Å². The van der Waals surface area contributed by atoms with E-state index in [-0.39, 0.29) is 11.8 Å². The van der Waals surface area contributed by atoms with Gasteiger partial charge in [0.05, 0.1) is 5.69 Å². The summed E-state index contributed by atoms with van der Waals surface area (Å²) < 4.78 is 5.17. The average molecular weight is 252 g/mol. The van der Waals surface area contributed by atoms with Crippen molar-refractivity contribution in [3.63, 3.8) is 0 Å². The molecule has 0 aliphatic carbocycles. The fourth-order valence-electron chi connectivity index (χ4n) is 1.37. The molecule has 0 aromatic carbocycles. The summed E-state index contributed by atoms with van der Waals surface area (Å²) in [4.78, 5) is 17.8. The molecular formula is C11H12N2O3S. The van der Waals surface area contributed by atoms with Gasteiger partial charge in [-0.05, 0) is 13.0 Å². The van der Waals surface area contributed by atoms with Crippen LogP contribution < -0.4 is 0 Å². The smallest absolute Gasteiger partial charge is 0.352 e. The standard InChI is InChI=1S/C11H12N2O3S/c1-6(16-2)10-13-9(5-17-10)7-3-8(11(14)15)12-4-7/h3-6,12H,1-2H3,(H,14,15). The maximum Gasteiger partial charge on any atom is 0.352 e. The minimum absolute atomic E-state index is 0.0494. The Morgan fingerprint density at radius 2 is 2.41 bits per heavy atom. The van der Waals surface area contributed by atoms with Crippen LogP contribution >= 0.6 is 11.3 Å². The number of aromatic carboxylic acids is 1. The van der Waals surface area contributed by atoms with E-state index in [0.29, 0.717) is 0 Å². The Labute approximate surface area is 102 Å². The highest BCUT2D eigenvalue weighted by Crippen LogP contribution is 2.27. The van der Waals surface area contributed by atoms with Gasteiger partial charge in [-0.25, -0.2) is 9.78 Å². The third-order valence-electron chi connectivity index (χ3n) is 2.43. The number of nitrogens with zero attached hydrogens (tertiary/aromatic N) is 1. The number of rotatable bonds is 4. The van der Waals surface area contributed by atoms with Gasteiger partial charge in [0.1, 0.15) is 16.8 Å². The minimum Gasteiger partial charge on any atom is -0.477 e. The van der Waals surface area contributed by atoms with Crippen molar-refractivity contribution in [2.75, 3.05) is 7.11 Å². The highest BCUT2D eigenvalue weighted by atomic mass is 32.1. The van der Waals surface area contributed by atoms with Crippen LogP contribution in [0.5, 0.6) is 0 Å². The molecule has 0 bridgehead atoms. The Morgan fingerprint density at radius 1 is 1.65 bits per heavy atom. The second kappa shape index (κ2) is 4.68. The lowest BCUT2D eigenvalue weighted by atomic mass is 10.2. The molecule has 0 aliphatic rings. The molecule has 0 aliphatic heterocycles. The third kappa shape index (κ3) is 2.37. The van der Waals surface area contributed by atoms with Crippen molar-refractivity contribution in [2.45, 2.75) is 13.0 Å². The lowest BCUT2D eigenvalue weighted by Crippen LogP contribution is -1.95. The first-order valence-corrected chi connectivity index (χ1v) is 5.90. The van der Waals surface area contributed by atoms with Gasteiger partial charge < -0.3 is 14.8 Å². The van der Waals surface area contributed by atoms with Gasteiger partial charge in [-0.15, -0.1) is 11.3 Å². The monoisotopic (exact) mass is 252 g/mol. The summed E-state index contributed by atoms with van der Waals surface area (Å²) in [5, 5.41) is 11.6. The van der Waals surface area contributed by atoms with Crippen molar-refractivity contribution in [3.8, 4) is 11.3 Å². The van der Waals surface area contributed by atoms with Crippen LogP contribution in [-0.4, -0.2) is 28.2 Å². The lowest BCUT2D eigenvalue weighted by Gasteiger charge is -2.03. The number of ether oxygens (including phenoxy) is 1. The summed E-state index contributed by atoms with van der Waals surface area (Å²) in [5.74, 6) is -0.975. The van der Waals surface area contributed by atoms with Gasteiger partial charge in [0, 0.05) is 24.3 Å². The number of aromatic nitrogens is 2. The van der Waals surface area contributed by atoms with E-state index in [9.17, 15) is 4.79 Å². The zero-order valence-electron chi connectivity index (χ0n) is 9.43. The molecule has 0 saturated carbocycles. The number of H-pyrrole nitrogens is 1. The van der Waals surface area contributed by atoms with Crippen molar-refractivity contribution in [1.82, 2.24) is 9.97 Å². The van der Waals surface area contributed by atoms with E-state index >= 15 is 0 Å². The largest absolute Gasteiger partial charge is 0.477 e. The number of carbonyl (C=O) groups is 1. The highest BCUT2D eigenvalue weighted by Gasteiger charge is 2.13. The normalized spacial score (nSPS) is 12.6. The second-order valence-corrected chi connectivity index (χ2v) is 4.45. The first kappa shape index (κ1) is 11.8. The number of nitrogens with one attached hydrogen (secondary N) is 1. The van der Waals surface area contributed by atoms with E-state index in [0.717, 1.165) is 16.3 Å².